The van der Waals surface area contributed by atoms with Gasteiger partial charge in [0.1, 0.15) is 0 Å². The fourth-order valence-electron chi connectivity index (χ4n) is 5.00. The van der Waals surface area contributed by atoms with E-state index in [9.17, 15) is 15.1 Å². The first-order valence-electron chi connectivity index (χ1n) is 12.9. The van der Waals surface area contributed by atoms with E-state index in [-0.39, 0.29) is 5.56 Å². The number of hydrogen-bond donors (Lipinski definition) is 2. The molecule has 2 N–H and O–H groups in total. The van der Waals surface area contributed by atoms with Crippen LogP contribution in [0.25, 0.3) is 22.2 Å². The number of allylic oxidation sites excluding steroid dienone is 5. The van der Waals surface area contributed by atoms with Crippen molar-refractivity contribution in [3.05, 3.63) is 132 Å². The largest absolute Gasteiger partial charge is 0.478 e. The molecule has 0 radical (unpaired) electrons. The minimum atomic E-state index is -1.06. The first kappa shape index (κ1) is 25.2. The maximum atomic E-state index is 11.8. The lowest BCUT2D eigenvalue weighted by Crippen LogP contribution is -2.28. The number of carboxylic acids is 1. The Balaban J connectivity index is 1.19. The number of rotatable bonds is 9. The van der Waals surface area contributed by atoms with Gasteiger partial charge in [-0.05, 0) is 49.3 Å². The molecule has 5 rings (SSSR count). The zero-order chi connectivity index (χ0) is 26.5. The summed E-state index contributed by atoms with van der Waals surface area (Å²) in [6.07, 6.45) is 14.8. The predicted molar refractivity (Wildman–Crippen MR) is 149 cm³/mol. The summed E-state index contributed by atoms with van der Waals surface area (Å²) >= 11 is 0. The Bertz CT molecular complexity index is 1540. The van der Waals surface area contributed by atoms with Crippen LogP contribution in [0.1, 0.15) is 53.1 Å². The van der Waals surface area contributed by atoms with Crippen LogP contribution >= 0.6 is 0 Å². The number of benzene rings is 2. The summed E-state index contributed by atoms with van der Waals surface area (Å²) in [6.45, 7) is 4.26. The summed E-state index contributed by atoms with van der Waals surface area (Å²) in [7, 11) is 0. The van der Waals surface area contributed by atoms with E-state index in [2.05, 4.69) is 66.2 Å². The molecule has 1 aliphatic carbocycles. The van der Waals surface area contributed by atoms with Crippen LogP contribution in [0, 0.1) is 0 Å². The van der Waals surface area contributed by atoms with Gasteiger partial charge in [-0.15, -0.1) is 0 Å². The van der Waals surface area contributed by atoms with Gasteiger partial charge in [-0.3, -0.25) is 5.21 Å². The molecule has 1 atom stereocenters. The highest BCUT2D eigenvalue weighted by atomic mass is 16.5. The summed E-state index contributed by atoms with van der Waals surface area (Å²) in [5.74, 6) is -0.739. The number of aromatic carboxylic acids is 1. The third-order valence-electron chi connectivity index (χ3n) is 7.07. The van der Waals surface area contributed by atoms with Gasteiger partial charge >= 0.3 is 5.97 Å². The zero-order valence-corrected chi connectivity index (χ0v) is 21.3. The van der Waals surface area contributed by atoms with Gasteiger partial charge in [-0.2, -0.15) is 0 Å². The Labute approximate surface area is 222 Å². The van der Waals surface area contributed by atoms with Gasteiger partial charge in [0.25, 0.3) is 0 Å². The van der Waals surface area contributed by atoms with Gasteiger partial charge in [-0.1, -0.05) is 90.6 Å². The van der Waals surface area contributed by atoms with E-state index in [4.69, 9.17) is 0 Å². The minimum absolute atomic E-state index is 0.106. The summed E-state index contributed by atoms with van der Waals surface area (Å²) in [4.78, 5) is 16.5. The highest BCUT2D eigenvalue weighted by Gasteiger charge is 2.17. The standard InChI is InChI=1S/C33H30N2O3/c1-23(20-25-7-3-2-4-8-25)6-5-9-24-10-12-26(13-11-24)27-14-16-28(17-15-27)32-21-29(33(36)37)30-22-35(38)19-18-31(30)34-32/h2-4,7-8,10-12,14-19,21-22,26H,1,5-6,9,13,20H2,(H-,36,37,38)/p+1. The summed E-state index contributed by atoms with van der Waals surface area (Å²) in [6, 6.07) is 21.8. The van der Waals surface area contributed by atoms with E-state index in [1.165, 1.54) is 34.7 Å². The second-order valence-corrected chi connectivity index (χ2v) is 9.85. The van der Waals surface area contributed by atoms with Gasteiger partial charge in [0.05, 0.1) is 22.2 Å². The van der Waals surface area contributed by atoms with Gasteiger partial charge in [0, 0.05) is 22.3 Å². The van der Waals surface area contributed by atoms with E-state index < -0.39 is 5.97 Å². The van der Waals surface area contributed by atoms with Crippen molar-refractivity contribution in [1.82, 2.24) is 4.98 Å². The molecule has 1 unspecified atom stereocenters. The van der Waals surface area contributed by atoms with Crippen LogP contribution in [0.15, 0.2) is 115 Å². The molecule has 190 valence electrons. The quantitative estimate of drug-likeness (QED) is 0.146. The maximum Gasteiger partial charge on any atom is 0.336 e. The van der Waals surface area contributed by atoms with Crippen molar-refractivity contribution in [3.63, 3.8) is 0 Å². The van der Waals surface area contributed by atoms with Gasteiger partial charge in [0.15, 0.2) is 0 Å². The monoisotopic (exact) mass is 503 g/mol. The first-order valence-corrected chi connectivity index (χ1v) is 12.9. The first-order chi connectivity index (χ1) is 18.5. The van der Waals surface area contributed by atoms with E-state index >= 15 is 0 Å². The number of pyridine rings is 2. The molecule has 4 aromatic rings. The highest BCUT2D eigenvalue weighted by Crippen LogP contribution is 2.31. The molecule has 2 heterocycles. The molecule has 2 aromatic heterocycles. The van der Waals surface area contributed by atoms with Gasteiger partial charge in [0.2, 0.25) is 12.4 Å². The fraction of sp³-hybridized carbons (Fsp3) is 0.182. The lowest BCUT2D eigenvalue weighted by Gasteiger charge is -2.17. The Morgan fingerprint density at radius 1 is 1.08 bits per heavy atom. The van der Waals surface area contributed by atoms with E-state index in [0.29, 0.717) is 22.5 Å². The normalized spacial score (nSPS) is 14.8. The second-order valence-electron chi connectivity index (χ2n) is 9.85. The maximum absolute atomic E-state index is 11.8. The van der Waals surface area contributed by atoms with Crippen LogP contribution in [0.4, 0.5) is 0 Å². The molecule has 5 nitrogen and oxygen atoms in total. The third-order valence-corrected chi connectivity index (χ3v) is 7.07. The predicted octanol–water partition coefficient (Wildman–Crippen LogP) is 7.06. The average molecular weight is 504 g/mol. The number of nitrogens with zero attached hydrogens (tertiary/aromatic N) is 2. The van der Waals surface area contributed by atoms with Crippen molar-refractivity contribution in [2.45, 2.75) is 38.0 Å². The minimum Gasteiger partial charge on any atom is -0.478 e. The molecular formula is C33H31N2O3+. The number of hydrogen-bond acceptors (Lipinski definition) is 3. The third kappa shape index (κ3) is 5.89. The molecule has 1 aliphatic rings. The highest BCUT2D eigenvalue weighted by molar-refractivity contribution is 6.03. The van der Waals surface area contributed by atoms with Crippen LogP contribution in [-0.2, 0) is 6.42 Å². The molecule has 5 heteroatoms. The Morgan fingerprint density at radius 3 is 2.58 bits per heavy atom. The zero-order valence-electron chi connectivity index (χ0n) is 21.3. The Kier molecular flexibility index (Phi) is 7.45. The molecule has 0 saturated heterocycles. The smallest absolute Gasteiger partial charge is 0.336 e. The van der Waals surface area contributed by atoms with E-state index in [0.717, 1.165) is 42.4 Å². The number of fused-ring (bicyclic) bond motifs is 1. The summed E-state index contributed by atoms with van der Waals surface area (Å²) < 4.78 is 0.838. The second kappa shape index (κ2) is 11.3. The van der Waals surface area contributed by atoms with Crippen LogP contribution < -0.4 is 4.73 Å². The van der Waals surface area contributed by atoms with E-state index in [1.54, 1.807) is 12.1 Å². The molecule has 38 heavy (non-hydrogen) atoms. The van der Waals surface area contributed by atoms with Crippen LogP contribution in [0.3, 0.4) is 0 Å². The van der Waals surface area contributed by atoms with Crippen molar-refractivity contribution in [1.29, 1.82) is 0 Å². The van der Waals surface area contributed by atoms with Gasteiger partial charge in [-0.25, -0.2) is 9.78 Å². The molecule has 0 aliphatic heterocycles. The SMILES string of the molecule is C=C(CCCC1=CCC(c2ccc(-c3cc(C(=O)O)c4c[n+](O)ccc4n3)cc2)C=C1)Cc1ccccc1. The van der Waals surface area contributed by atoms with E-state index in [1.807, 2.05) is 18.2 Å². The number of carbonyl (C=O) groups is 1. The Hall–Kier alpha value is -4.51. The topological polar surface area (TPSA) is 74.3 Å². The molecular weight excluding hydrogens is 472 g/mol. The van der Waals surface area contributed by atoms with Crippen molar-refractivity contribution >= 4 is 16.9 Å². The van der Waals surface area contributed by atoms with Crippen molar-refractivity contribution in [3.8, 4) is 11.3 Å². The lowest BCUT2D eigenvalue weighted by atomic mass is 9.88. The number of aromatic nitrogens is 2. The Morgan fingerprint density at radius 2 is 1.87 bits per heavy atom. The van der Waals surface area contributed by atoms with Crippen LogP contribution in [0.5, 0.6) is 0 Å². The molecule has 0 saturated carbocycles. The fourth-order valence-corrected chi connectivity index (χ4v) is 5.00. The average Bonchev–Trinajstić information content (AvgIpc) is 2.93. The number of carboxylic acid groups (broad SMARTS) is 1. The molecule has 0 bridgehead atoms. The lowest BCUT2D eigenvalue weighted by molar-refractivity contribution is -0.904. The molecule has 0 spiro atoms. The van der Waals surface area contributed by atoms with Crippen LogP contribution in [-0.4, -0.2) is 21.3 Å². The van der Waals surface area contributed by atoms with Crippen LogP contribution in [0.2, 0.25) is 0 Å². The van der Waals surface area contributed by atoms with Gasteiger partial charge < -0.3 is 5.11 Å². The summed E-state index contributed by atoms with van der Waals surface area (Å²) in [5, 5.41) is 19.8. The molecule has 0 fully saturated rings. The van der Waals surface area contributed by atoms with Crippen molar-refractivity contribution < 1.29 is 19.8 Å². The molecule has 0 amide bonds. The van der Waals surface area contributed by atoms with Crippen molar-refractivity contribution in [2.75, 3.05) is 0 Å². The summed E-state index contributed by atoms with van der Waals surface area (Å²) in [5.41, 5.74) is 7.27. The van der Waals surface area contributed by atoms with Crippen molar-refractivity contribution in [2.24, 2.45) is 0 Å². The molecule has 2 aromatic carbocycles.